The van der Waals surface area contributed by atoms with E-state index in [1.165, 1.54) is 0 Å². The number of rotatable bonds is 3. The van der Waals surface area contributed by atoms with Crippen LogP contribution in [0.15, 0.2) is 12.1 Å². The number of ether oxygens (including phenoxy) is 1. The van der Waals surface area contributed by atoms with Crippen molar-refractivity contribution < 1.29 is 4.74 Å². The topological polar surface area (TPSA) is 21.3 Å². The van der Waals surface area contributed by atoms with Crippen LogP contribution in [-0.2, 0) is 0 Å². The second-order valence-corrected chi connectivity index (χ2v) is 4.79. The van der Waals surface area contributed by atoms with Gasteiger partial charge in [0.25, 0.3) is 0 Å². The van der Waals surface area contributed by atoms with Crippen molar-refractivity contribution in [3.05, 3.63) is 27.7 Å². The van der Waals surface area contributed by atoms with Crippen molar-refractivity contribution in [3.8, 4) is 5.75 Å². The molecular formula is C12H15Cl2NO. The van der Waals surface area contributed by atoms with Gasteiger partial charge >= 0.3 is 0 Å². The summed E-state index contributed by atoms with van der Waals surface area (Å²) in [6.07, 6.45) is 2.07. The van der Waals surface area contributed by atoms with Crippen LogP contribution in [0.2, 0.25) is 10.0 Å². The van der Waals surface area contributed by atoms with Crippen LogP contribution in [0.1, 0.15) is 31.4 Å². The molecule has 1 aliphatic heterocycles. The molecule has 1 unspecified atom stereocenters. The average Bonchev–Trinajstić information content (AvgIpc) is 2.26. The second-order valence-electron chi connectivity index (χ2n) is 3.95. The molecule has 1 aliphatic rings. The second kappa shape index (κ2) is 5.26. The summed E-state index contributed by atoms with van der Waals surface area (Å²) in [5.74, 6) is 0.783. The predicted octanol–water partition coefficient (Wildman–Crippen LogP) is 3.82. The molecule has 0 amide bonds. The van der Waals surface area contributed by atoms with Gasteiger partial charge in [-0.15, -0.1) is 0 Å². The van der Waals surface area contributed by atoms with E-state index in [0.717, 1.165) is 30.7 Å². The van der Waals surface area contributed by atoms with Crippen LogP contribution in [0.3, 0.4) is 0 Å². The molecule has 0 aliphatic carbocycles. The van der Waals surface area contributed by atoms with Gasteiger partial charge in [0.15, 0.2) is 0 Å². The average molecular weight is 260 g/mol. The Morgan fingerprint density at radius 2 is 2.25 bits per heavy atom. The normalized spacial score (nSPS) is 19.1. The van der Waals surface area contributed by atoms with E-state index in [2.05, 4.69) is 12.2 Å². The van der Waals surface area contributed by atoms with Gasteiger partial charge in [-0.1, -0.05) is 30.1 Å². The van der Waals surface area contributed by atoms with E-state index in [0.29, 0.717) is 22.7 Å². The monoisotopic (exact) mass is 259 g/mol. The van der Waals surface area contributed by atoms with Gasteiger partial charge in [-0.05, 0) is 25.1 Å². The number of benzene rings is 1. The fourth-order valence-electron chi connectivity index (χ4n) is 1.96. The van der Waals surface area contributed by atoms with E-state index < -0.39 is 0 Å². The summed E-state index contributed by atoms with van der Waals surface area (Å²) in [6, 6.07) is 3.97. The zero-order valence-electron chi connectivity index (χ0n) is 9.22. The summed E-state index contributed by atoms with van der Waals surface area (Å²) >= 11 is 12.1. The van der Waals surface area contributed by atoms with Gasteiger partial charge in [0, 0.05) is 23.0 Å². The Labute approximate surface area is 106 Å². The highest BCUT2D eigenvalue weighted by Gasteiger charge is 2.23. The van der Waals surface area contributed by atoms with E-state index in [-0.39, 0.29) is 0 Å². The van der Waals surface area contributed by atoms with Gasteiger partial charge in [-0.25, -0.2) is 0 Å². The molecule has 0 bridgehead atoms. The lowest BCUT2D eigenvalue weighted by molar-refractivity contribution is 0.253. The third kappa shape index (κ3) is 2.45. The van der Waals surface area contributed by atoms with E-state index in [4.69, 9.17) is 27.9 Å². The minimum Gasteiger partial charge on any atom is -0.492 e. The van der Waals surface area contributed by atoms with Crippen LogP contribution in [-0.4, -0.2) is 13.2 Å². The van der Waals surface area contributed by atoms with Crippen molar-refractivity contribution >= 4 is 23.2 Å². The molecule has 16 heavy (non-hydrogen) atoms. The molecule has 2 nitrogen and oxygen atoms in total. The summed E-state index contributed by atoms with van der Waals surface area (Å²) in [5, 5.41) is 4.75. The number of hydrogen-bond donors (Lipinski definition) is 1. The Balaban J connectivity index is 2.30. The van der Waals surface area contributed by atoms with Gasteiger partial charge in [0.2, 0.25) is 0 Å². The summed E-state index contributed by atoms with van der Waals surface area (Å²) in [5.41, 5.74) is 1.08. The zero-order chi connectivity index (χ0) is 11.5. The molecule has 2 rings (SSSR count). The van der Waals surface area contributed by atoms with E-state index in [1.54, 1.807) is 6.07 Å². The van der Waals surface area contributed by atoms with Crippen molar-refractivity contribution in [2.45, 2.75) is 25.8 Å². The highest BCUT2D eigenvalue weighted by molar-refractivity contribution is 6.35. The van der Waals surface area contributed by atoms with E-state index in [1.807, 2.05) is 6.07 Å². The molecule has 1 aromatic rings. The lowest BCUT2D eigenvalue weighted by atomic mass is 10.0. The van der Waals surface area contributed by atoms with Crippen molar-refractivity contribution in [2.75, 3.05) is 13.2 Å². The molecule has 1 atom stereocenters. The summed E-state index contributed by atoms with van der Waals surface area (Å²) in [4.78, 5) is 0. The fraction of sp³-hybridized carbons (Fsp3) is 0.500. The van der Waals surface area contributed by atoms with Crippen molar-refractivity contribution in [1.29, 1.82) is 0 Å². The molecule has 4 heteroatoms. The van der Waals surface area contributed by atoms with Gasteiger partial charge in [0.05, 0.1) is 11.6 Å². The van der Waals surface area contributed by atoms with Crippen molar-refractivity contribution in [3.63, 3.8) is 0 Å². The minimum atomic E-state index is 0.305. The van der Waals surface area contributed by atoms with E-state index in [9.17, 15) is 0 Å². The first-order valence-electron chi connectivity index (χ1n) is 5.57. The third-order valence-electron chi connectivity index (χ3n) is 2.71. The van der Waals surface area contributed by atoms with Crippen LogP contribution in [0, 0.1) is 0 Å². The lowest BCUT2D eigenvalue weighted by Crippen LogP contribution is -2.27. The maximum atomic E-state index is 6.11. The zero-order valence-corrected chi connectivity index (χ0v) is 10.7. The Morgan fingerprint density at radius 3 is 3.00 bits per heavy atom. The molecule has 0 aromatic heterocycles. The fourth-order valence-corrected chi connectivity index (χ4v) is 2.52. The van der Waals surface area contributed by atoms with Gasteiger partial charge in [-0.2, -0.15) is 0 Å². The third-order valence-corrected chi connectivity index (χ3v) is 3.21. The van der Waals surface area contributed by atoms with Crippen LogP contribution in [0.5, 0.6) is 5.75 Å². The molecule has 0 fully saturated rings. The molecule has 0 radical (unpaired) electrons. The maximum Gasteiger partial charge on any atom is 0.142 e. The molecule has 88 valence electrons. The minimum absolute atomic E-state index is 0.305. The highest BCUT2D eigenvalue weighted by Crippen LogP contribution is 2.39. The SMILES string of the molecule is CCCNC1CCOc2c(Cl)cc(Cl)cc21. The summed E-state index contributed by atoms with van der Waals surface area (Å²) in [6.45, 7) is 3.85. The van der Waals surface area contributed by atoms with Gasteiger partial charge < -0.3 is 10.1 Å². The molecule has 1 heterocycles. The first-order valence-corrected chi connectivity index (χ1v) is 6.33. The molecule has 1 aromatic carbocycles. The standard InChI is InChI=1S/C12H15Cl2NO/c1-2-4-15-11-3-5-16-12-9(11)6-8(13)7-10(12)14/h6-7,11,15H,2-5H2,1H3. The smallest absolute Gasteiger partial charge is 0.142 e. The summed E-state index contributed by atoms with van der Waals surface area (Å²) < 4.78 is 5.59. The van der Waals surface area contributed by atoms with E-state index >= 15 is 0 Å². The van der Waals surface area contributed by atoms with Crippen LogP contribution >= 0.6 is 23.2 Å². The van der Waals surface area contributed by atoms with Crippen molar-refractivity contribution in [1.82, 2.24) is 5.32 Å². The first kappa shape index (κ1) is 12.0. The number of fused-ring (bicyclic) bond motifs is 1. The Morgan fingerprint density at radius 1 is 1.44 bits per heavy atom. The maximum absolute atomic E-state index is 6.11. The molecule has 0 saturated carbocycles. The molecular weight excluding hydrogens is 245 g/mol. The first-order chi connectivity index (χ1) is 7.72. The van der Waals surface area contributed by atoms with Crippen LogP contribution in [0.4, 0.5) is 0 Å². The van der Waals surface area contributed by atoms with Crippen LogP contribution in [0.25, 0.3) is 0 Å². The molecule has 0 spiro atoms. The lowest BCUT2D eigenvalue weighted by Gasteiger charge is -2.27. The number of nitrogens with one attached hydrogen (secondary N) is 1. The number of hydrogen-bond acceptors (Lipinski definition) is 2. The van der Waals surface area contributed by atoms with Gasteiger partial charge in [-0.3, -0.25) is 0 Å². The quantitative estimate of drug-likeness (QED) is 0.892. The number of halogens is 2. The Kier molecular flexibility index (Phi) is 3.95. The molecule has 0 saturated heterocycles. The Hall–Kier alpha value is -0.440. The Bertz CT molecular complexity index is 382. The predicted molar refractivity (Wildman–Crippen MR) is 67.6 cm³/mol. The van der Waals surface area contributed by atoms with Gasteiger partial charge in [0.1, 0.15) is 5.75 Å². The summed E-state index contributed by atoms with van der Waals surface area (Å²) in [7, 11) is 0. The highest BCUT2D eigenvalue weighted by atomic mass is 35.5. The largest absolute Gasteiger partial charge is 0.492 e. The molecule has 1 N–H and O–H groups in total. The van der Waals surface area contributed by atoms with Crippen LogP contribution < -0.4 is 10.1 Å². The van der Waals surface area contributed by atoms with Crippen molar-refractivity contribution in [2.24, 2.45) is 0 Å².